The molecule has 0 aliphatic heterocycles. The summed E-state index contributed by atoms with van der Waals surface area (Å²) in [6.07, 6.45) is 4.95. The van der Waals surface area contributed by atoms with Gasteiger partial charge in [0.2, 0.25) is 5.91 Å². The minimum atomic E-state index is -0.125. The Morgan fingerprint density at radius 3 is 2.89 bits per heavy atom. The van der Waals surface area contributed by atoms with Gasteiger partial charge in [-0.2, -0.15) is 5.10 Å². The second kappa shape index (κ2) is 8.18. The van der Waals surface area contributed by atoms with Crippen molar-refractivity contribution in [3.8, 4) is 0 Å². The van der Waals surface area contributed by atoms with Gasteiger partial charge < -0.3 is 10.6 Å². The first-order chi connectivity index (χ1) is 13.7. The number of amides is 1. The fourth-order valence-corrected chi connectivity index (χ4v) is 3.22. The molecule has 0 unspecified atom stereocenters. The van der Waals surface area contributed by atoms with E-state index in [4.69, 9.17) is 0 Å². The van der Waals surface area contributed by atoms with E-state index in [0.29, 0.717) is 6.54 Å². The Kier molecular flexibility index (Phi) is 5.29. The molecule has 0 radical (unpaired) electrons. The first-order valence-corrected chi connectivity index (χ1v) is 9.47. The van der Waals surface area contributed by atoms with Crippen LogP contribution in [0.25, 0.3) is 10.9 Å². The monoisotopic (exact) mass is 436 g/mol. The van der Waals surface area contributed by atoms with Crippen molar-refractivity contribution in [2.24, 2.45) is 0 Å². The standard InChI is InChI=1S/C20H17BrN6O/c21-15-5-6-18-17(10-15)20(24-13-23-18)22-11-14-3-1-4-16(9-14)26-19(28)12-27-8-2-7-25-27/h1-10,13H,11-12H2,(H,26,28)(H,22,23,24). The smallest absolute Gasteiger partial charge is 0.246 e. The van der Waals surface area contributed by atoms with Gasteiger partial charge in [0, 0.05) is 34.5 Å². The molecule has 0 bridgehead atoms. The molecule has 28 heavy (non-hydrogen) atoms. The highest BCUT2D eigenvalue weighted by Crippen LogP contribution is 2.24. The zero-order chi connectivity index (χ0) is 19.3. The number of hydrogen-bond acceptors (Lipinski definition) is 5. The molecule has 1 amide bonds. The zero-order valence-corrected chi connectivity index (χ0v) is 16.4. The van der Waals surface area contributed by atoms with Crippen molar-refractivity contribution in [1.82, 2.24) is 19.7 Å². The highest BCUT2D eigenvalue weighted by Gasteiger charge is 2.06. The SMILES string of the molecule is O=C(Cn1cccn1)Nc1cccc(CNc2ncnc3ccc(Br)cc23)c1. The number of aromatic nitrogens is 4. The number of nitrogens with zero attached hydrogens (tertiary/aromatic N) is 4. The summed E-state index contributed by atoms with van der Waals surface area (Å²) in [7, 11) is 0. The van der Waals surface area contributed by atoms with Gasteiger partial charge in [-0.3, -0.25) is 9.48 Å². The fourth-order valence-electron chi connectivity index (χ4n) is 2.86. The molecule has 0 spiro atoms. The van der Waals surface area contributed by atoms with Crippen molar-refractivity contribution in [3.05, 3.63) is 77.3 Å². The summed E-state index contributed by atoms with van der Waals surface area (Å²) in [5.74, 6) is 0.639. The molecule has 0 aliphatic carbocycles. The van der Waals surface area contributed by atoms with E-state index in [1.165, 1.54) is 0 Å². The molecular formula is C20H17BrN6O. The van der Waals surface area contributed by atoms with Gasteiger partial charge in [-0.15, -0.1) is 0 Å². The van der Waals surface area contributed by atoms with Crippen LogP contribution in [-0.4, -0.2) is 25.7 Å². The van der Waals surface area contributed by atoms with E-state index in [1.54, 1.807) is 29.5 Å². The number of benzene rings is 2. The van der Waals surface area contributed by atoms with Gasteiger partial charge in [0.25, 0.3) is 0 Å². The molecule has 2 N–H and O–H groups in total. The van der Waals surface area contributed by atoms with Gasteiger partial charge in [0.1, 0.15) is 18.7 Å². The fraction of sp³-hybridized carbons (Fsp3) is 0.100. The third kappa shape index (κ3) is 4.34. The molecule has 2 aromatic heterocycles. The summed E-state index contributed by atoms with van der Waals surface area (Å²) in [5.41, 5.74) is 2.64. The number of carbonyl (C=O) groups excluding carboxylic acids is 1. The zero-order valence-electron chi connectivity index (χ0n) is 14.8. The van der Waals surface area contributed by atoms with E-state index < -0.39 is 0 Å². The molecule has 0 aliphatic rings. The van der Waals surface area contributed by atoms with Gasteiger partial charge >= 0.3 is 0 Å². The molecule has 8 heteroatoms. The molecule has 7 nitrogen and oxygen atoms in total. The molecule has 0 saturated heterocycles. The van der Waals surface area contributed by atoms with Gasteiger partial charge in [-0.1, -0.05) is 28.1 Å². The number of carbonyl (C=O) groups is 1. The first kappa shape index (κ1) is 18.1. The Morgan fingerprint density at radius 2 is 2.04 bits per heavy atom. The number of fused-ring (bicyclic) bond motifs is 1. The largest absolute Gasteiger partial charge is 0.365 e. The van der Waals surface area contributed by atoms with Crippen molar-refractivity contribution in [3.63, 3.8) is 0 Å². The quantitative estimate of drug-likeness (QED) is 0.479. The normalized spacial score (nSPS) is 10.8. The van der Waals surface area contributed by atoms with Crippen LogP contribution in [-0.2, 0) is 17.9 Å². The van der Waals surface area contributed by atoms with Crippen LogP contribution in [0.1, 0.15) is 5.56 Å². The molecule has 0 saturated carbocycles. The van der Waals surface area contributed by atoms with Crippen LogP contribution in [0.2, 0.25) is 0 Å². The number of hydrogen-bond donors (Lipinski definition) is 2. The Labute approximate surface area is 169 Å². The lowest BCUT2D eigenvalue weighted by molar-refractivity contribution is -0.116. The molecular weight excluding hydrogens is 420 g/mol. The topological polar surface area (TPSA) is 84.7 Å². The average molecular weight is 437 g/mol. The Balaban J connectivity index is 1.44. The summed E-state index contributed by atoms with van der Waals surface area (Å²) in [6.45, 7) is 0.749. The first-order valence-electron chi connectivity index (χ1n) is 8.68. The van der Waals surface area contributed by atoms with Crippen molar-refractivity contribution < 1.29 is 4.79 Å². The maximum atomic E-state index is 12.1. The van der Waals surface area contributed by atoms with Gasteiger partial charge in [-0.05, 0) is 42.0 Å². The Morgan fingerprint density at radius 1 is 1.11 bits per heavy atom. The van der Waals surface area contributed by atoms with Crippen LogP contribution in [0.3, 0.4) is 0 Å². The number of halogens is 1. The van der Waals surface area contributed by atoms with Crippen LogP contribution in [0.5, 0.6) is 0 Å². The van der Waals surface area contributed by atoms with Gasteiger partial charge in [0.05, 0.1) is 5.52 Å². The predicted molar refractivity (Wildman–Crippen MR) is 112 cm³/mol. The highest BCUT2D eigenvalue weighted by molar-refractivity contribution is 9.10. The van der Waals surface area contributed by atoms with Crippen molar-refractivity contribution in [2.45, 2.75) is 13.1 Å². The van der Waals surface area contributed by atoms with E-state index in [-0.39, 0.29) is 12.5 Å². The van der Waals surface area contributed by atoms with Crippen LogP contribution in [0.15, 0.2) is 71.7 Å². The van der Waals surface area contributed by atoms with Crippen LogP contribution in [0.4, 0.5) is 11.5 Å². The summed E-state index contributed by atoms with van der Waals surface area (Å²) in [4.78, 5) is 20.8. The van der Waals surface area contributed by atoms with Gasteiger partial charge in [0.15, 0.2) is 0 Å². The van der Waals surface area contributed by atoms with E-state index in [1.807, 2.05) is 42.5 Å². The Hall–Kier alpha value is -3.26. The highest BCUT2D eigenvalue weighted by atomic mass is 79.9. The second-order valence-electron chi connectivity index (χ2n) is 6.19. The average Bonchev–Trinajstić information content (AvgIpc) is 3.19. The minimum absolute atomic E-state index is 0.125. The second-order valence-corrected chi connectivity index (χ2v) is 7.11. The van der Waals surface area contributed by atoms with Crippen LogP contribution < -0.4 is 10.6 Å². The maximum Gasteiger partial charge on any atom is 0.246 e. The minimum Gasteiger partial charge on any atom is -0.365 e. The Bertz CT molecular complexity index is 1110. The lowest BCUT2D eigenvalue weighted by Crippen LogP contribution is -2.19. The van der Waals surface area contributed by atoms with Crippen molar-refractivity contribution in [1.29, 1.82) is 0 Å². The van der Waals surface area contributed by atoms with E-state index in [0.717, 1.165) is 32.4 Å². The van der Waals surface area contributed by atoms with Gasteiger partial charge in [-0.25, -0.2) is 9.97 Å². The third-order valence-corrected chi connectivity index (χ3v) is 4.63. The summed E-state index contributed by atoms with van der Waals surface area (Å²) < 4.78 is 2.55. The number of nitrogens with one attached hydrogen (secondary N) is 2. The molecule has 4 aromatic rings. The van der Waals surface area contributed by atoms with E-state index in [9.17, 15) is 4.79 Å². The summed E-state index contributed by atoms with van der Waals surface area (Å²) in [5, 5.41) is 11.2. The molecule has 0 fully saturated rings. The molecule has 140 valence electrons. The molecule has 2 aromatic carbocycles. The number of rotatable bonds is 6. The van der Waals surface area contributed by atoms with Crippen molar-refractivity contribution in [2.75, 3.05) is 10.6 Å². The molecule has 0 atom stereocenters. The lowest BCUT2D eigenvalue weighted by Gasteiger charge is -2.10. The van der Waals surface area contributed by atoms with Crippen LogP contribution in [0, 0.1) is 0 Å². The lowest BCUT2D eigenvalue weighted by atomic mass is 10.2. The van der Waals surface area contributed by atoms with E-state index in [2.05, 4.69) is 41.6 Å². The third-order valence-electron chi connectivity index (χ3n) is 4.13. The maximum absolute atomic E-state index is 12.1. The summed E-state index contributed by atoms with van der Waals surface area (Å²) in [6, 6.07) is 15.4. The predicted octanol–water partition coefficient (Wildman–Crippen LogP) is 3.84. The van der Waals surface area contributed by atoms with Crippen molar-refractivity contribution >= 4 is 44.2 Å². The van der Waals surface area contributed by atoms with E-state index >= 15 is 0 Å². The number of anilines is 2. The van der Waals surface area contributed by atoms with Crippen LogP contribution >= 0.6 is 15.9 Å². The molecule has 2 heterocycles. The summed E-state index contributed by atoms with van der Waals surface area (Å²) >= 11 is 3.49. The molecule has 4 rings (SSSR count).